The van der Waals surface area contributed by atoms with Crippen molar-refractivity contribution in [2.75, 3.05) is 13.1 Å². The second kappa shape index (κ2) is 9.99. The van der Waals surface area contributed by atoms with E-state index >= 15 is 0 Å². The van der Waals surface area contributed by atoms with Gasteiger partial charge in [0.2, 0.25) is 11.8 Å². The van der Waals surface area contributed by atoms with E-state index < -0.39 is 0 Å². The van der Waals surface area contributed by atoms with Crippen LogP contribution in [0, 0.1) is 40.4 Å². The zero-order valence-electron chi connectivity index (χ0n) is 24.2. The first-order valence-electron chi connectivity index (χ1n) is 15.4. The minimum absolute atomic E-state index is 0.0184. The van der Waals surface area contributed by atoms with Gasteiger partial charge in [0.15, 0.2) is 0 Å². The topological polar surface area (TPSA) is 69.6 Å². The van der Waals surface area contributed by atoms with Gasteiger partial charge in [0, 0.05) is 32.0 Å². The van der Waals surface area contributed by atoms with E-state index in [4.69, 9.17) is 0 Å². The monoisotopic (exact) mass is 512 g/mol. The molecule has 8 atom stereocenters. The smallest absolute Gasteiger partial charge is 0.222 e. The number of amides is 2. The standard InChI is InChI=1S/C32H52N2O3/c1-21(6-11-29(37)34-18-16-30(3,17-19-34)33-22(2)35)26-9-10-27-25-8-7-23-20-24(36)12-14-31(23,4)28(25)13-15-32(26,27)5/h7,21,24-28,36H,6,8-20H2,1-5H3,(H,33,35)/t21-,24+,25+,26-,27+,28+,31+,32-/m1/s1. The lowest BCUT2D eigenvalue weighted by atomic mass is 9.47. The number of aliphatic hydroxyl groups excluding tert-OH is 1. The van der Waals surface area contributed by atoms with Crippen LogP contribution in [0.5, 0.6) is 0 Å². The highest BCUT2D eigenvalue weighted by Gasteiger charge is 2.59. The first kappa shape index (κ1) is 27.2. The average molecular weight is 513 g/mol. The molecule has 1 aliphatic heterocycles. The Bertz CT molecular complexity index is 921. The Balaban J connectivity index is 1.17. The summed E-state index contributed by atoms with van der Waals surface area (Å²) in [6.45, 7) is 12.7. The molecule has 1 heterocycles. The van der Waals surface area contributed by atoms with Gasteiger partial charge in [-0.15, -0.1) is 0 Å². The summed E-state index contributed by atoms with van der Waals surface area (Å²) < 4.78 is 0. The fourth-order valence-corrected chi connectivity index (χ4v) is 10.1. The molecule has 0 unspecified atom stereocenters. The van der Waals surface area contributed by atoms with Crippen LogP contribution in [0.1, 0.15) is 112 Å². The maximum absolute atomic E-state index is 13.1. The van der Waals surface area contributed by atoms with Crippen LogP contribution >= 0.6 is 0 Å². The van der Waals surface area contributed by atoms with Crippen LogP contribution in [0.3, 0.4) is 0 Å². The van der Waals surface area contributed by atoms with Crippen molar-refractivity contribution in [2.24, 2.45) is 40.4 Å². The van der Waals surface area contributed by atoms with Gasteiger partial charge in [0.25, 0.3) is 0 Å². The average Bonchev–Trinajstić information content (AvgIpc) is 3.20. The third-order valence-corrected chi connectivity index (χ3v) is 12.3. The summed E-state index contributed by atoms with van der Waals surface area (Å²) in [4.78, 5) is 26.7. The van der Waals surface area contributed by atoms with Crippen molar-refractivity contribution in [3.8, 4) is 0 Å². The SMILES string of the molecule is CC(=O)NC1(C)CCN(C(=O)CC[C@@H](C)[C@H]2CC[C@H]3[C@@H]4CC=C5C[C@@H](O)CC[C@]5(C)[C@H]4CC[C@]23C)CC1. The number of allylic oxidation sites excluding steroid dienone is 1. The van der Waals surface area contributed by atoms with Crippen LogP contribution in [-0.2, 0) is 9.59 Å². The first-order valence-corrected chi connectivity index (χ1v) is 15.4. The van der Waals surface area contributed by atoms with Gasteiger partial charge in [0.05, 0.1) is 6.10 Å². The number of rotatable bonds is 5. The number of hydrogen-bond acceptors (Lipinski definition) is 3. The molecule has 0 aromatic rings. The quantitative estimate of drug-likeness (QED) is 0.453. The number of nitrogens with one attached hydrogen (secondary N) is 1. The van der Waals surface area contributed by atoms with Crippen LogP contribution in [-0.4, -0.2) is 46.6 Å². The van der Waals surface area contributed by atoms with Gasteiger partial charge >= 0.3 is 0 Å². The zero-order valence-corrected chi connectivity index (χ0v) is 24.2. The molecule has 5 rings (SSSR count). The largest absolute Gasteiger partial charge is 0.393 e. The second-order valence-corrected chi connectivity index (χ2v) is 14.5. The number of hydrogen-bond donors (Lipinski definition) is 2. The summed E-state index contributed by atoms with van der Waals surface area (Å²) in [7, 11) is 0. The number of carbonyl (C=O) groups excluding carboxylic acids is 2. The lowest BCUT2D eigenvalue weighted by Gasteiger charge is -2.58. The minimum Gasteiger partial charge on any atom is -0.393 e. The molecule has 5 nitrogen and oxygen atoms in total. The van der Waals surface area contributed by atoms with E-state index in [1.165, 1.54) is 32.1 Å². The summed E-state index contributed by atoms with van der Waals surface area (Å²) in [6.07, 6.45) is 15.4. The second-order valence-electron chi connectivity index (χ2n) is 14.5. The van der Waals surface area contributed by atoms with E-state index in [-0.39, 0.29) is 17.6 Å². The third kappa shape index (κ3) is 4.92. The first-order chi connectivity index (χ1) is 17.4. The van der Waals surface area contributed by atoms with Gasteiger partial charge < -0.3 is 15.3 Å². The molecule has 0 spiro atoms. The van der Waals surface area contributed by atoms with E-state index in [1.54, 1.807) is 12.5 Å². The van der Waals surface area contributed by atoms with Gasteiger partial charge in [-0.3, -0.25) is 9.59 Å². The van der Waals surface area contributed by atoms with Crippen LogP contribution in [0.2, 0.25) is 0 Å². The van der Waals surface area contributed by atoms with E-state index in [0.717, 1.165) is 75.3 Å². The lowest BCUT2D eigenvalue weighted by Crippen LogP contribution is -2.53. The Morgan fingerprint density at radius 1 is 1.05 bits per heavy atom. The van der Waals surface area contributed by atoms with Crippen molar-refractivity contribution in [1.29, 1.82) is 0 Å². The Kier molecular flexibility index (Phi) is 7.35. The number of carbonyl (C=O) groups is 2. The summed E-state index contributed by atoms with van der Waals surface area (Å²) in [6, 6.07) is 0. The molecule has 208 valence electrons. The van der Waals surface area contributed by atoms with Gasteiger partial charge in [-0.2, -0.15) is 0 Å². The summed E-state index contributed by atoms with van der Waals surface area (Å²) >= 11 is 0. The maximum Gasteiger partial charge on any atom is 0.222 e. The molecule has 0 radical (unpaired) electrons. The number of fused-ring (bicyclic) bond motifs is 5. The molecular formula is C32H52N2O3. The number of piperidine rings is 1. The number of nitrogens with zero attached hydrogens (tertiary/aromatic N) is 1. The minimum atomic E-state index is -0.175. The molecule has 0 bridgehead atoms. The van der Waals surface area contributed by atoms with Gasteiger partial charge in [-0.25, -0.2) is 0 Å². The molecule has 2 N–H and O–H groups in total. The Morgan fingerprint density at radius 2 is 1.78 bits per heavy atom. The maximum atomic E-state index is 13.1. The molecule has 5 aliphatic rings. The fraction of sp³-hybridized carbons (Fsp3) is 0.875. The van der Waals surface area contributed by atoms with Gasteiger partial charge in [-0.05, 0) is 118 Å². The van der Waals surface area contributed by atoms with E-state index in [1.807, 2.05) is 4.90 Å². The van der Waals surface area contributed by atoms with E-state index in [0.29, 0.717) is 29.1 Å². The van der Waals surface area contributed by atoms with Gasteiger partial charge in [-0.1, -0.05) is 32.4 Å². The molecule has 37 heavy (non-hydrogen) atoms. The van der Waals surface area contributed by atoms with Crippen molar-refractivity contribution in [2.45, 2.75) is 123 Å². The fourth-order valence-electron chi connectivity index (χ4n) is 10.1. The highest BCUT2D eigenvalue weighted by atomic mass is 16.3. The van der Waals surface area contributed by atoms with Crippen molar-refractivity contribution >= 4 is 11.8 Å². The van der Waals surface area contributed by atoms with E-state index in [2.05, 4.69) is 39.1 Å². The Morgan fingerprint density at radius 3 is 2.49 bits per heavy atom. The van der Waals surface area contributed by atoms with Crippen molar-refractivity contribution in [1.82, 2.24) is 10.2 Å². The lowest BCUT2D eigenvalue weighted by molar-refractivity contribution is -0.133. The van der Waals surface area contributed by atoms with Crippen LogP contribution in [0.25, 0.3) is 0 Å². The van der Waals surface area contributed by atoms with Crippen molar-refractivity contribution in [3.05, 3.63) is 11.6 Å². The predicted molar refractivity (Wildman–Crippen MR) is 148 cm³/mol. The Labute approximate surface area is 225 Å². The number of likely N-dealkylation sites (tertiary alicyclic amines) is 1. The normalized spacial score (nSPS) is 41.6. The number of aliphatic hydroxyl groups is 1. The molecule has 3 saturated carbocycles. The van der Waals surface area contributed by atoms with Crippen molar-refractivity contribution < 1.29 is 14.7 Å². The van der Waals surface area contributed by atoms with Crippen LogP contribution in [0.15, 0.2) is 11.6 Å². The molecular weight excluding hydrogens is 460 g/mol. The predicted octanol–water partition coefficient (Wildman–Crippen LogP) is 5.86. The Hall–Kier alpha value is -1.36. The third-order valence-electron chi connectivity index (χ3n) is 12.3. The molecule has 0 aromatic carbocycles. The van der Waals surface area contributed by atoms with Crippen molar-refractivity contribution in [3.63, 3.8) is 0 Å². The highest BCUT2D eigenvalue weighted by molar-refractivity contribution is 5.76. The molecule has 0 aromatic heterocycles. The highest BCUT2D eigenvalue weighted by Crippen LogP contribution is 2.67. The zero-order chi connectivity index (χ0) is 26.6. The summed E-state index contributed by atoms with van der Waals surface area (Å²) in [5.41, 5.74) is 2.10. The summed E-state index contributed by atoms with van der Waals surface area (Å²) in [5.74, 6) is 4.03. The van der Waals surface area contributed by atoms with Gasteiger partial charge in [0.1, 0.15) is 0 Å². The molecule has 4 fully saturated rings. The summed E-state index contributed by atoms with van der Waals surface area (Å²) in [5, 5.41) is 13.4. The molecule has 4 aliphatic carbocycles. The van der Waals surface area contributed by atoms with Crippen LogP contribution in [0.4, 0.5) is 0 Å². The van der Waals surface area contributed by atoms with Crippen LogP contribution < -0.4 is 5.32 Å². The van der Waals surface area contributed by atoms with E-state index in [9.17, 15) is 14.7 Å². The molecule has 1 saturated heterocycles. The molecule has 2 amide bonds. The molecule has 5 heteroatoms.